The predicted octanol–water partition coefficient (Wildman–Crippen LogP) is 7.68. The number of anilines is 1. The van der Waals surface area contributed by atoms with E-state index >= 15 is 0 Å². The second-order valence-corrected chi connectivity index (χ2v) is 11.6. The first-order valence-electron chi connectivity index (χ1n) is 14.0. The minimum Gasteiger partial charge on any atom is -0.446 e. The molecule has 9 nitrogen and oxygen atoms in total. The Kier molecular flexibility index (Phi) is 19.4. The number of benzene rings is 2. The molecule has 0 bridgehead atoms. The van der Waals surface area contributed by atoms with E-state index in [-0.39, 0.29) is 19.3 Å². The largest absolute Gasteiger partial charge is 0.446 e. The van der Waals surface area contributed by atoms with Crippen molar-refractivity contribution in [2.75, 3.05) is 32.2 Å². The van der Waals surface area contributed by atoms with Crippen molar-refractivity contribution in [1.29, 1.82) is 0 Å². The lowest BCUT2D eigenvalue weighted by Gasteiger charge is -2.25. The summed E-state index contributed by atoms with van der Waals surface area (Å²) in [4.78, 5) is 34.2. The SMILES string of the molecule is C=O.CC1CC1.CCO.CCO[C@@H](COC(=O)Nc1ccc(C)c(CN(C)C(=O)OC(C)(C)C)c1)c1ccc(Br)cc1. The Labute approximate surface area is 260 Å². The van der Waals surface area contributed by atoms with E-state index in [1.165, 1.54) is 17.7 Å². The molecule has 10 heteroatoms. The van der Waals surface area contributed by atoms with Crippen molar-refractivity contribution in [2.24, 2.45) is 5.92 Å². The Balaban J connectivity index is 0.00000162. The number of carbonyl (C=O) groups is 3. The number of rotatable bonds is 8. The summed E-state index contributed by atoms with van der Waals surface area (Å²) in [6.45, 7) is 16.5. The summed E-state index contributed by atoms with van der Waals surface area (Å²) in [6, 6.07) is 13.2. The molecule has 0 aliphatic heterocycles. The number of nitrogens with one attached hydrogen (secondary N) is 1. The van der Waals surface area contributed by atoms with Crippen LogP contribution in [0.5, 0.6) is 0 Å². The molecule has 2 amide bonds. The zero-order valence-corrected chi connectivity index (χ0v) is 28.0. The first-order chi connectivity index (χ1) is 19.8. The quantitative estimate of drug-likeness (QED) is 0.300. The second-order valence-electron chi connectivity index (χ2n) is 10.7. The van der Waals surface area contributed by atoms with Gasteiger partial charge in [-0.3, -0.25) is 5.32 Å². The van der Waals surface area contributed by atoms with Gasteiger partial charge in [0.1, 0.15) is 25.1 Å². The summed E-state index contributed by atoms with van der Waals surface area (Å²) in [6.07, 6.45) is 1.63. The van der Waals surface area contributed by atoms with E-state index in [0.29, 0.717) is 18.8 Å². The van der Waals surface area contributed by atoms with Crippen LogP contribution in [0, 0.1) is 12.8 Å². The van der Waals surface area contributed by atoms with Gasteiger partial charge in [-0.15, -0.1) is 0 Å². The van der Waals surface area contributed by atoms with Crippen molar-refractivity contribution in [3.63, 3.8) is 0 Å². The summed E-state index contributed by atoms with van der Waals surface area (Å²) >= 11 is 3.41. The van der Waals surface area contributed by atoms with Crippen LogP contribution in [0.3, 0.4) is 0 Å². The highest BCUT2D eigenvalue weighted by Crippen LogP contribution is 2.26. The van der Waals surface area contributed by atoms with Crippen LogP contribution in [0.2, 0.25) is 0 Å². The molecule has 3 rings (SSSR count). The Morgan fingerprint density at radius 1 is 1.12 bits per heavy atom. The van der Waals surface area contributed by atoms with Crippen molar-refractivity contribution in [3.8, 4) is 0 Å². The molecule has 0 aromatic heterocycles. The molecule has 1 aliphatic rings. The van der Waals surface area contributed by atoms with E-state index in [9.17, 15) is 9.59 Å². The van der Waals surface area contributed by atoms with Crippen LogP contribution >= 0.6 is 15.9 Å². The van der Waals surface area contributed by atoms with Gasteiger partial charge in [-0.2, -0.15) is 0 Å². The van der Waals surface area contributed by atoms with Crippen LogP contribution in [0.15, 0.2) is 46.9 Å². The van der Waals surface area contributed by atoms with Crippen molar-refractivity contribution >= 4 is 40.6 Å². The smallest absolute Gasteiger partial charge is 0.411 e. The molecule has 1 saturated carbocycles. The fraction of sp³-hybridized carbons (Fsp3) is 0.531. The zero-order valence-electron chi connectivity index (χ0n) is 26.4. The molecule has 1 fully saturated rings. The van der Waals surface area contributed by atoms with Gasteiger partial charge < -0.3 is 29.0 Å². The normalized spacial score (nSPS) is 12.5. The topological polar surface area (TPSA) is 114 Å². The van der Waals surface area contributed by atoms with Crippen LogP contribution in [-0.2, 0) is 25.5 Å². The average Bonchev–Trinajstić information content (AvgIpc) is 3.72. The van der Waals surface area contributed by atoms with Crippen LogP contribution in [-0.4, -0.2) is 61.5 Å². The Morgan fingerprint density at radius 3 is 2.14 bits per heavy atom. The maximum Gasteiger partial charge on any atom is 0.411 e. The monoisotopic (exact) mass is 652 g/mol. The number of aliphatic hydroxyl groups is 1. The minimum atomic E-state index is -0.577. The van der Waals surface area contributed by atoms with Crippen molar-refractivity contribution in [2.45, 2.75) is 79.6 Å². The number of halogens is 1. The average molecular weight is 654 g/mol. The fourth-order valence-corrected chi connectivity index (χ4v) is 3.43. The van der Waals surface area contributed by atoms with Crippen molar-refractivity contribution in [3.05, 3.63) is 63.6 Å². The molecular formula is C32H49BrN2O7. The Hall–Kier alpha value is -2.95. The molecule has 236 valence electrons. The molecule has 0 heterocycles. The lowest BCUT2D eigenvalue weighted by atomic mass is 10.1. The molecular weight excluding hydrogens is 604 g/mol. The number of hydrogen-bond donors (Lipinski definition) is 2. The second kappa shape index (κ2) is 20.9. The molecule has 1 aliphatic carbocycles. The first kappa shape index (κ1) is 39.0. The van der Waals surface area contributed by atoms with E-state index in [1.807, 2.05) is 77.8 Å². The summed E-state index contributed by atoms with van der Waals surface area (Å²) in [5, 5.41) is 10.3. The van der Waals surface area contributed by atoms with E-state index in [4.69, 9.17) is 24.1 Å². The molecule has 2 N–H and O–H groups in total. The van der Waals surface area contributed by atoms with Gasteiger partial charge in [0.25, 0.3) is 0 Å². The number of aryl methyl sites for hydroxylation is 1. The van der Waals surface area contributed by atoms with Gasteiger partial charge in [-0.25, -0.2) is 9.59 Å². The summed E-state index contributed by atoms with van der Waals surface area (Å²) in [5.74, 6) is 1.08. The molecule has 0 unspecified atom stereocenters. The third-order valence-electron chi connectivity index (χ3n) is 5.55. The lowest BCUT2D eigenvalue weighted by Crippen LogP contribution is -2.34. The molecule has 0 spiro atoms. The van der Waals surface area contributed by atoms with E-state index in [2.05, 4.69) is 28.2 Å². The van der Waals surface area contributed by atoms with Crippen LogP contribution < -0.4 is 5.32 Å². The van der Waals surface area contributed by atoms with Gasteiger partial charge in [0, 0.05) is 37.0 Å². The summed E-state index contributed by atoms with van der Waals surface area (Å²) in [5.41, 5.74) is 2.83. The molecule has 2 aromatic carbocycles. The first-order valence-corrected chi connectivity index (χ1v) is 14.8. The van der Waals surface area contributed by atoms with Gasteiger partial charge in [0.15, 0.2) is 0 Å². The zero-order chi connectivity index (χ0) is 32.3. The number of nitrogens with zero attached hydrogens (tertiary/aromatic N) is 1. The van der Waals surface area contributed by atoms with Gasteiger partial charge in [0.2, 0.25) is 0 Å². The third-order valence-corrected chi connectivity index (χ3v) is 6.08. The van der Waals surface area contributed by atoms with Crippen molar-refractivity contribution < 1.29 is 33.7 Å². The Morgan fingerprint density at radius 2 is 1.67 bits per heavy atom. The number of aliphatic hydroxyl groups excluding tert-OH is 1. The highest BCUT2D eigenvalue weighted by molar-refractivity contribution is 9.10. The number of hydrogen-bond acceptors (Lipinski definition) is 7. The standard InChI is InChI=1S/C25H33BrN2O5.C4H8.C2H6O.CH2O/c1-7-31-22(18-9-11-20(26)12-10-18)16-32-23(29)27-21-13-8-17(2)19(14-21)15-28(6)24(30)33-25(3,4)5;1-4-2-3-4;1-2-3;1-2/h8-14,22H,7,15-16H2,1-6H3,(H,27,29);4H,2-3H2,1H3;3H,2H2,1H3;1H2/t22-;;;/m0.../s1. The minimum absolute atomic E-state index is 0.0847. The van der Waals surface area contributed by atoms with Crippen molar-refractivity contribution in [1.82, 2.24) is 4.90 Å². The van der Waals surface area contributed by atoms with E-state index in [0.717, 1.165) is 27.1 Å². The van der Waals surface area contributed by atoms with Gasteiger partial charge in [0.05, 0.1) is 0 Å². The molecule has 0 radical (unpaired) electrons. The third kappa shape index (κ3) is 17.8. The summed E-state index contributed by atoms with van der Waals surface area (Å²) in [7, 11) is 1.68. The van der Waals surface area contributed by atoms with Gasteiger partial charge in [-0.1, -0.05) is 53.9 Å². The number of ether oxygens (including phenoxy) is 3. The maximum atomic E-state index is 12.4. The molecule has 1 atom stereocenters. The fourth-order valence-electron chi connectivity index (χ4n) is 3.17. The maximum absolute atomic E-state index is 12.4. The molecule has 2 aromatic rings. The molecule has 42 heavy (non-hydrogen) atoms. The van der Waals surface area contributed by atoms with Gasteiger partial charge >= 0.3 is 12.2 Å². The Bertz CT molecular complexity index is 1050. The highest BCUT2D eigenvalue weighted by Gasteiger charge is 2.20. The van der Waals surface area contributed by atoms with E-state index in [1.54, 1.807) is 20.0 Å². The lowest BCUT2D eigenvalue weighted by molar-refractivity contribution is -0.0980. The van der Waals surface area contributed by atoms with E-state index < -0.39 is 17.8 Å². The van der Waals surface area contributed by atoms with Crippen LogP contribution in [0.25, 0.3) is 0 Å². The number of carbonyl (C=O) groups excluding carboxylic acids is 3. The number of amides is 2. The van der Waals surface area contributed by atoms with Crippen LogP contribution in [0.4, 0.5) is 15.3 Å². The predicted molar refractivity (Wildman–Crippen MR) is 171 cm³/mol. The van der Waals surface area contributed by atoms with Gasteiger partial charge in [-0.05, 0) is 88.4 Å². The summed E-state index contributed by atoms with van der Waals surface area (Å²) < 4.78 is 17.5. The molecule has 0 saturated heterocycles. The van der Waals surface area contributed by atoms with Crippen LogP contribution in [0.1, 0.15) is 77.2 Å². The highest BCUT2D eigenvalue weighted by atomic mass is 79.9.